The van der Waals surface area contributed by atoms with Gasteiger partial charge in [0.05, 0.1) is 19.5 Å². The second-order valence-electron chi connectivity index (χ2n) is 12.7. The first-order chi connectivity index (χ1) is 22.8. The Morgan fingerprint density at radius 1 is 0.522 bits per heavy atom. The van der Waals surface area contributed by atoms with E-state index in [-0.39, 0.29) is 6.10 Å². The molecule has 3 aromatic carbocycles. The van der Waals surface area contributed by atoms with Crippen molar-refractivity contribution < 1.29 is 14.2 Å². The van der Waals surface area contributed by atoms with Gasteiger partial charge in [0.2, 0.25) is 0 Å². The summed E-state index contributed by atoms with van der Waals surface area (Å²) in [5, 5.41) is 0. The summed E-state index contributed by atoms with van der Waals surface area (Å²) in [5.74, 6) is 0. The SMILES string of the molecule is CCCC=CO[C@H](COCCCCCCCCCCCCCCCC)COC(c1ccccc1)(c1ccccc1)c1ccccc1. The molecule has 1 atom stereocenters. The average molecular weight is 627 g/mol. The second kappa shape index (κ2) is 24.3. The van der Waals surface area contributed by atoms with E-state index in [1.54, 1.807) is 0 Å². The van der Waals surface area contributed by atoms with Gasteiger partial charge >= 0.3 is 0 Å². The normalized spacial score (nSPS) is 12.5. The molecule has 0 radical (unpaired) electrons. The Morgan fingerprint density at radius 2 is 0.957 bits per heavy atom. The summed E-state index contributed by atoms with van der Waals surface area (Å²) in [7, 11) is 0. The molecular weight excluding hydrogens is 564 g/mol. The molecule has 0 fully saturated rings. The summed E-state index contributed by atoms with van der Waals surface area (Å²) in [6.07, 6.45) is 24.8. The van der Waals surface area contributed by atoms with E-state index in [0.29, 0.717) is 13.2 Å². The minimum absolute atomic E-state index is 0.213. The zero-order valence-electron chi connectivity index (χ0n) is 29.1. The van der Waals surface area contributed by atoms with E-state index in [4.69, 9.17) is 14.2 Å². The molecule has 0 aromatic heterocycles. The van der Waals surface area contributed by atoms with E-state index >= 15 is 0 Å². The van der Waals surface area contributed by atoms with Crippen molar-refractivity contribution in [1.82, 2.24) is 0 Å². The monoisotopic (exact) mass is 626 g/mol. The largest absolute Gasteiger partial charge is 0.494 e. The molecule has 3 nitrogen and oxygen atoms in total. The first-order valence-electron chi connectivity index (χ1n) is 18.5. The number of unbranched alkanes of at least 4 members (excludes halogenated alkanes) is 14. The smallest absolute Gasteiger partial charge is 0.144 e. The van der Waals surface area contributed by atoms with Crippen molar-refractivity contribution >= 4 is 0 Å². The molecule has 3 heteroatoms. The van der Waals surface area contributed by atoms with Gasteiger partial charge in [0.15, 0.2) is 0 Å². The first-order valence-corrected chi connectivity index (χ1v) is 18.5. The van der Waals surface area contributed by atoms with Crippen LogP contribution in [0.4, 0.5) is 0 Å². The van der Waals surface area contributed by atoms with Crippen LogP contribution in [0.3, 0.4) is 0 Å². The summed E-state index contributed by atoms with van der Waals surface area (Å²) < 4.78 is 19.5. The Hall–Kier alpha value is -2.88. The molecule has 0 bridgehead atoms. The lowest BCUT2D eigenvalue weighted by molar-refractivity contribution is -0.0685. The van der Waals surface area contributed by atoms with Gasteiger partial charge in [-0.1, -0.05) is 195 Å². The van der Waals surface area contributed by atoms with Crippen molar-refractivity contribution in [3.05, 3.63) is 120 Å². The average Bonchev–Trinajstić information content (AvgIpc) is 3.11. The lowest BCUT2D eigenvalue weighted by Crippen LogP contribution is -2.37. The molecule has 0 spiro atoms. The van der Waals surface area contributed by atoms with E-state index in [9.17, 15) is 0 Å². The van der Waals surface area contributed by atoms with Gasteiger partial charge in [0.25, 0.3) is 0 Å². The number of rotatable bonds is 27. The van der Waals surface area contributed by atoms with Gasteiger partial charge in [-0.2, -0.15) is 0 Å². The van der Waals surface area contributed by atoms with Crippen LogP contribution in [-0.2, 0) is 19.8 Å². The van der Waals surface area contributed by atoms with Crippen LogP contribution in [0.5, 0.6) is 0 Å². The van der Waals surface area contributed by atoms with Gasteiger partial charge in [-0.05, 0) is 35.6 Å². The van der Waals surface area contributed by atoms with Crippen LogP contribution in [0.1, 0.15) is 133 Å². The van der Waals surface area contributed by atoms with Crippen LogP contribution < -0.4 is 0 Å². The van der Waals surface area contributed by atoms with Crippen molar-refractivity contribution in [3.8, 4) is 0 Å². The topological polar surface area (TPSA) is 27.7 Å². The Bertz CT molecular complexity index is 1030. The van der Waals surface area contributed by atoms with Crippen LogP contribution in [0.15, 0.2) is 103 Å². The molecule has 3 aromatic rings. The fraction of sp³-hybridized carbons (Fsp3) is 0.535. The minimum atomic E-state index is -0.771. The quantitative estimate of drug-likeness (QED) is 0.0479. The minimum Gasteiger partial charge on any atom is -0.494 e. The number of hydrogen-bond donors (Lipinski definition) is 0. The Kier molecular flexibility index (Phi) is 19.9. The van der Waals surface area contributed by atoms with E-state index < -0.39 is 5.60 Å². The highest BCUT2D eigenvalue weighted by Crippen LogP contribution is 2.40. The fourth-order valence-corrected chi connectivity index (χ4v) is 6.13. The highest BCUT2D eigenvalue weighted by Gasteiger charge is 2.38. The molecule has 0 saturated carbocycles. The van der Waals surface area contributed by atoms with E-state index in [1.165, 1.54) is 83.5 Å². The maximum Gasteiger partial charge on any atom is 0.144 e. The third kappa shape index (κ3) is 13.9. The standard InChI is InChI=1S/C43H62O3/c1-3-5-7-8-9-10-11-12-13-14-15-16-17-28-35-44-37-42(45-36-27-6-4-2)38-46-43(39-29-21-18-22-30-39,40-31-23-19-24-32-40)41-33-25-20-26-34-41/h18-27,29-34,36,42H,3-17,28,35,37-38H2,1-2H3/t42-/m1/s1. The van der Waals surface area contributed by atoms with Crippen LogP contribution in [-0.4, -0.2) is 25.9 Å². The lowest BCUT2D eigenvalue weighted by Gasteiger charge is -2.37. The van der Waals surface area contributed by atoms with Crippen LogP contribution in [0.2, 0.25) is 0 Å². The first kappa shape index (κ1) is 37.6. The van der Waals surface area contributed by atoms with Gasteiger partial charge in [0, 0.05) is 6.61 Å². The summed E-state index contributed by atoms with van der Waals surface area (Å²) in [6.45, 7) is 6.13. The zero-order valence-corrected chi connectivity index (χ0v) is 29.1. The number of allylic oxidation sites excluding steroid dienone is 1. The van der Waals surface area contributed by atoms with E-state index in [1.807, 2.05) is 6.26 Å². The second-order valence-corrected chi connectivity index (χ2v) is 12.7. The molecule has 0 aliphatic carbocycles. The molecule has 3 rings (SSSR count). The van der Waals surface area contributed by atoms with Gasteiger partial charge in [-0.3, -0.25) is 0 Å². The van der Waals surface area contributed by atoms with E-state index in [0.717, 1.165) is 42.6 Å². The van der Waals surface area contributed by atoms with Gasteiger partial charge in [-0.25, -0.2) is 0 Å². The van der Waals surface area contributed by atoms with Gasteiger partial charge in [0.1, 0.15) is 11.7 Å². The summed E-state index contributed by atoms with van der Waals surface area (Å²) in [5.41, 5.74) is 2.51. The highest BCUT2D eigenvalue weighted by atomic mass is 16.6. The maximum atomic E-state index is 7.05. The van der Waals surface area contributed by atoms with Crippen LogP contribution in [0, 0.1) is 0 Å². The van der Waals surface area contributed by atoms with Crippen molar-refractivity contribution in [3.63, 3.8) is 0 Å². The van der Waals surface area contributed by atoms with Gasteiger partial charge in [-0.15, -0.1) is 0 Å². The van der Waals surface area contributed by atoms with Crippen molar-refractivity contribution in [2.75, 3.05) is 19.8 Å². The van der Waals surface area contributed by atoms with Gasteiger partial charge < -0.3 is 14.2 Å². The van der Waals surface area contributed by atoms with Crippen molar-refractivity contribution in [1.29, 1.82) is 0 Å². The molecule has 0 heterocycles. The predicted molar refractivity (Wildman–Crippen MR) is 195 cm³/mol. The molecular formula is C43H62O3. The molecule has 0 amide bonds. The third-order valence-electron chi connectivity index (χ3n) is 8.80. The van der Waals surface area contributed by atoms with Crippen molar-refractivity contribution in [2.45, 2.75) is 128 Å². The molecule has 0 aliphatic rings. The molecule has 0 N–H and O–H groups in total. The van der Waals surface area contributed by atoms with E-state index in [2.05, 4.69) is 111 Å². The number of hydrogen-bond acceptors (Lipinski definition) is 3. The zero-order chi connectivity index (χ0) is 32.4. The third-order valence-corrected chi connectivity index (χ3v) is 8.80. The predicted octanol–water partition coefficient (Wildman–Crippen LogP) is 12.2. The maximum absolute atomic E-state index is 7.05. The number of ether oxygens (including phenoxy) is 3. The Balaban J connectivity index is 1.50. The molecule has 0 saturated heterocycles. The summed E-state index contributed by atoms with van der Waals surface area (Å²) in [6, 6.07) is 31.6. The van der Waals surface area contributed by atoms with Crippen molar-refractivity contribution in [2.24, 2.45) is 0 Å². The fourth-order valence-electron chi connectivity index (χ4n) is 6.13. The van der Waals surface area contributed by atoms with Crippen LogP contribution >= 0.6 is 0 Å². The highest BCUT2D eigenvalue weighted by molar-refractivity contribution is 5.47. The molecule has 46 heavy (non-hydrogen) atoms. The Morgan fingerprint density at radius 3 is 1.39 bits per heavy atom. The van der Waals surface area contributed by atoms with Crippen LogP contribution in [0.25, 0.3) is 0 Å². The molecule has 0 aliphatic heterocycles. The number of benzene rings is 3. The Labute approximate surface area is 281 Å². The summed E-state index contributed by atoms with van der Waals surface area (Å²) >= 11 is 0. The molecule has 0 unspecified atom stereocenters. The summed E-state index contributed by atoms with van der Waals surface area (Å²) in [4.78, 5) is 0. The lowest BCUT2D eigenvalue weighted by atomic mass is 9.80. The molecule has 252 valence electrons.